The van der Waals surface area contributed by atoms with Gasteiger partial charge >= 0.3 is 0 Å². The van der Waals surface area contributed by atoms with Crippen LogP contribution in [0, 0.1) is 5.92 Å². The molecule has 1 aromatic heterocycles. The molecule has 0 unspecified atom stereocenters. The van der Waals surface area contributed by atoms with Gasteiger partial charge in [0.15, 0.2) is 5.60 Å². The molecule has 2 aliphatic heterocycles. The van der Waals surface area contributed by atoms with Crippen molar-refractivity contribution in [1.29, 1.82) is 0 Å². The quantitative estimate of drug-likeness (QED) is 0.212. The molecule has 9 nitrogen and oxygen atoms in total. The molecule has 0 spiro atoms. The van der Waals surface area contributed by atoms with E-state index in [-0.39, 0.29) is 25.0 Å². The Kier molecular flexibility index (Phi) is 7.27. The number of aliphatic hydroxyl groups is 2. The van der Waals surface area contributed by atoms with Crippen LogP contribution in [-0.4, -0.2) is 43.6 Å². The van der Waals surface area contributed by atoms with E-state index in [1.165, 1.54) is 0 Å². The van der Waals surface area contributed by atoms with Gasteiger partial charge in [-0.1, -0.05) is 78.9 Å². The summed E-state index contributed by atoms with van der Waals surface area (Å²) in [5.74, 6) is -0.908. The first-order chi connectivity index (χ1) is 21.9. The summed E-state index contributed by atoms with van der Waals surface area (Å²) in [6.45, 7) is 2.75. The number of benzene rings is 4. The van der Waals surface area contributed by atoms with E-state index in [0.717, 1.165) is 33.4 Å². The lowest BCUT2D eigenvalue weighted by atomic mass is 9.83. The molecule has 2 amide bonds. The summed E-state index contributed by atoms with van der Waals surface area (Å²) in [5, 5.41) is 31.1. The number of amides is 2. The number of anilines is 3. The molecular weight excluding hydrogens is 566 g/mol. The van der Waals surface area contributed by atoms with Gasteiger partial charge in [-0.05, 0) is 47.7 Å². The van der Waals surface area contributed by atoms with Crippen molar-refractivity contribution in [1.82, 2.24) is 15.0 Å². The summed E-state index contributed by atoms with van der Waals surface area (Å²) < 4.78 is 1.72. The Morgan fingerprint density at radius 2 is 1.69 bits per heavy atom. The van der Waals surface area contributed by atoms with Crippen molar-refractivity contribution in [3.05, 3.63) is 126 Å². The topological polar surface area (TPSA) is 112 Å². The molecule has 0 saturated carbocycles. The Labute approximate surface area is 260 Å². The maximum absolute atomic E-state index is 13.9. The summed E-state index contributed by atoms with van der Waals surface area (Å²) in [7, 11) is 0. The lowest BCUT2D eigenvalue weighted by Gasteiger charge is -2.27. The van der Waals surface area contributed by atoms with Crippen molar-refractivity contribution in [3.8, 4) is 0 Å². The highest BCUT2D eigenvalue weighted by Gasteiger charge is 2.52. The van der Waals surface area contributed by atoms with E-state index < -0.39 is 11.5 Å². The summed E-state index contributed by atoms with van der Waals surface area (Å²) in [6.07, 6.45) is 6.75. The molecule has 226 valence electrons. The molecule has 0 radical (unpaired) electrons. The number of nitrogens with zero attached hydrogens (tertiary/aromatic N) is 5. The van der Waals surface area contributed by atoms with Gasteiger partial charge in [0, 0.05) is 48.3 Å². The molecule has 2 atom stereocenters. The average molecular weight is 600 g/mol. The molecule has 7 rings (SSSR count). The van der Waals surface area contributed by atoms with Crippen LogP contribution in [-0.2, 0) is 29.9 Å². The molecule has 5 aromatic rings. The zero-order valence-corrected chi connectivity index (χ0v) is 24.9. The third kappa shape index (κ3) is 4.81. The predicted octanol–water partition coefficient (Wildman–Crippen LogP) is 5.28. The first-order valence-corrected chi connectivity index (χ1v) is 15.2. The number of para-hydroxylation sites is 1. The van der Waals surface area contributed by atoms with Gasteiger partial charge in [-0.2, -0.15) is 0 Å². The number of aryl methyl sites for hydroxylation is 1. The normalized spacial score (nSPS) is 18.0. The van der Waals surface area contributed by atoms with E-state index in [1.54, 1.807) is 14.5 Å². The number of aromatic nitrogens is 3. The highest BCUT2D eigenvalue weighted by molar-refractivity contribution is 6.27. The predicted molar refractivity (Wildman–Crippen MR) is 172 cm³/mol. The first-order valence-electron chi connectivity index (χ1n) is 15.2. The number of rotatable bonds is 10. The highest BCUT2D eigenvalue weighted by atomic mass is 16.3. The summed E-state index contributed by atoms with van der Waals surface area (Å²) in [6, 6.07) is 26.8. The summed E-state index contributed by atoms with van der Waals surface area (Å²) >= 11 is 0. The van der Waals surface area contributed by atoms with Gasteiger partial charge in [-0.25, -0.2) is 0 Å². The molecule has 4 aromatic carbocycles. The van der Waals surface area contributed by atoms with E-state index in [2.05, 4.69) is 10.3 Å². The fourth-order valence-electron chi connectivity index (χ4n) is 6.49. The number of hydrogen-bond acceptors (Lipinski definition) is 6. The van der Waals surface area contributed by atoms with E-state index in [1.807, 2.05) is 110 Å². The first kappa shape index (κ1) is 28.6. The van der Waals surface area contributed by atoms with E-state index in [9.17, 15) is 14.7 Å². The number of hydrogen-bond donors (Lipinski definition) is 2. The van der Waals surface area contributed by atoms with E-state index in [4.69, 9.17) is 5.11 Å². The molecule has 0 saturated heterocycles. The second kappa shape index (κ2) is 11.4. The van der Waals surface area contributed by atoms with Gasteiger partial charge in [0.2, 0.25) is 0 Å². The lowest BCUT2D eigenvalue weighted by molar-refractivity contribution is -0.139. The van der Waals surface area contributed by atoms with Crippen molar-refractivity contribution < 1.29 is 19.8 Å². The lowest BCUT2D eigenvalue weighted by Crippen LogP contribution is -2.44. The summed E-state index contributed by atoms with van der Waals surface area (Å²) in [4.78, 5) is 30.7. The number of carbonyl (C=O) groups excluding carboxylic acids is 2. The Balaban J connectivity index is 1.08. The van der Waals surface area contributed by atoms with Crippen LogP contribution in [0.4, 0.5) is 17.1 Å². The molecule has 0 bridgehead atoms. The Morgan fingerprint density at radius 1 is 0.933 bits per heavy atom. The minimum absolute atomic E-state index is 0.0263. The van der Waals surface area contributed by atoms with Crippen molar-refractivity contribution >= 4 is 39.6 Å². The standard InChI is InChI=1S/C36H33N5O4/c1-24(8-4-5-20-39-23-27(19-21-42)37-38-39)36(45)30-12-2-3-13-31(30)40(35(36)44)22-25-15-17-28(18-16-25)41-32-14-7-10-26-9-6-11-29(33(26)32)34(41)43/h2-4,6-18,23-24,42,45H,5,19-22H2,1H3/b8-4+/t24-,36+/m0/s1. The van der Waals surface area contributed by atoms with E-state index in [0.29, 0.717) is 36.2 Å². The second-order valence-electron chi connectivity index (χ2n) is 11.6. The van der Waals surface area contributed by atoms with Gasteiger partial charge in [-0.15, -0.1) is 5.10 Å². The maximum atomic E-state index is 13.9. The van der Waals surface area contributed by atoms with Gasteiger partial charge in [0.1, 0.15) is 0 Å². The molecule has 45 heavy (non-hydrogen) atoms. The van der Waals surface area contributed by atoms with Gasteiger partial charge in [0.25, 0.3) is 11.8 Å². The van der Waals surface area contributed by atoms with Crippen LogP contribution in [0.2, 0.25) is 0 Å². The zero-order valence-electron chi connectivity index (χ0n) is 24.9. The fraction of sp³-hybridized carbons (Fsp3) is 0.222. The molecule has 2 N–H and O–H groups in total. The smallest absolute Gasteiger partial charge is 0.264 e. The minimum atomic E-state index is -1.71. The third-order valence-electron chi connectivity index (χ3n) is 8.83. The van der Waals surface area contributed by atoms with Crippen LogP contribution in [0.15, 0.2) is 103 Å². The average Bonchev–Trinajstić information content (AvgIpc) is 3.70. The molecule has 0 fully saturated rings. The SMILES string of the molecule is C[C@@H](/C=C/CCn1cc(CCO)nn1)[C@]1(O)C(=O)N(Cc2ccc(N3C(=O)c4cccc5cccc3c45)cc2)c2ccccc21. The monoisotopic (exact) mass is 599 g/mol. The molecule has 3 heterocycles. The minimum Gasteiger partial charge on any atom is -0.396 e. The van der Waals surface area contributed by atoms with Crippen LogP contribution >= 0.6 is 0 Å². The van der Waals surface area contributed by atoms with Gasteiger partial charge < -0.3 is 15.1 Å². The van der Waals surface area contributed by atoms with Gasteiger partial charge in [0.05, 0.1) is 29.2 Å². The second-order valence-corrected chi connectivity index (χ2v) is 11.6. The van der Waals surface area contributed by atoms with Crippen LogP contribution < -0.4 is 9.80 Å². The Hall–Kier alpha value is -5.12. The maximum Gasteiger partial charge on any atom is 0.264 e. The Bertz CT molecular complexity index is 1940. The molecule has 2 aliphatic rings. The summed E-state index contributed by atoms with van der Waals surface area (Å²) in [5.41, 5.74) is 3.49. The highest BCUT2D eigenvalue weighted by Crippen LogP contribution is 2.46. The Morgan fingerprint density at radius 3 is 2.49 bits per heavy atom. The zero-order chi connectivity index (χ0) is 31.1. The fourth-order valence-corrected chi connectivity index (χ4v) is 6.49. The van der Waals surface area contributed by atoms with Crippen molar-refractivity contribution in [2.75, 3.05) is 16.4 Å². The van der Waals surface area contributed by atoms with Gasteiger partial charge in [-0.3, -0.25) is 19.2 Å². The molecular formula is C36H33N5O4. The van der Waals surface area contributed by atoms with Crippen LogP contribution in [0.3, 0.4) is 0 Å². The van der Waals surface area contributed by atoms with Crippen LogP contribution in [0.5, 0.6) is 0 Å². The number of fused-ring (bicyclic) bond motifs is 1. The van der Waals surface area contributed by atoms with Crippen molar-refractivity contribution in [3.63, 3.8) is 0 Å². The van der Waals surface area contributed by atoms with Crippen molar-refractivity contribution in [2.24, 2.45) is 5.92 Å². The van der Waals surface area contributed by atoms with Crippen LogP contribution in [0.25, 0.3) is 10.8 Å². The number of allylic oxidation sites excluding steroid dienone is 1. The third-order valence-corrected chi connectivity index (χ3v) is 8.83. The largest absolute Gasteiger partial charge is 0.396 e. The number of carbonyl (C=O) groups is 2. The van der Waals surface area contributed by atoms with E-state index >= 15 is 0 Å². The number of aliphatic hydroxyl groups excluding tert-OH is 1. The van der Waals surface area contributed by atoms with Crippen molar-refractivity contribution in [2.45, 2.75) is 38.5 Å². The molecule has 0 aliphatic carbocycles. The van der Waals surface area contributed by atoms with Crippen LogP contribution in [0.1, 0.15) is 40.5 Å². The molecule has 9 heteroatoms.